The topological polar surface area (TPSA) is 63.6 Å². The minimum Gasteiger partial charge on any atom is -0.347 e. The molecule has 4 aromatic heterocycles. The first kappa shape index (κ1) is 19.5. The molecule has 0 unspecified atom stereocenters. The highest BCUT2D eigenvalue weighted by atomic mass is 28.3. The van der Waals surface area contributed by atoms with Crippen molar-refractivity contribution in [2.24, 2.45) is 0 Å². The monoisotopic (exact) mass is 424 g/mol. The molecule has 0 saturated carbocycles. The van der Waals surface area contributed by atoms with E-state index in [1.165, 1.54) is 5.32 Å². The Morgan fingerprint density at radius 2 is 1.71 bits per heavy atom. The summed E-state index contributed by atoms with van der Waals surface area (Å²) in [6, 6.07) is 16.1. The van der Waals surface area contributed by atoms with Crippen LogP contribution in [-0.4, -0.2) is 27.6 Å². The van der Waals surface area contributed by atoms with Crippen LogP contribution in [0.25, 0.3) is 32.9 Å². The quantitative estimate of drug-likeness (QED) is 0.431. The van der Waals surface area contributed by atoms with E-state index in [0.717, 1.165) is 33.1 Å². The number of pyridine rings is 3. The maximum absolute atomic E-state index is 13.3. The lowest BCUT2D eigenvalue weighted by Gasteiger charge is -2.17. The Balaban J connectivity index is 1.79. The van der Waals surface area contributed by atoms with Crippen molar-refractivity contribution >= 4 is 35.2 Å². The second-order valence-electron chi connectivity index (χ2n) is 8.90. The number of nitrogens with one attached hydrogen (secondary N) is 1. The lowest BCUT2D eigenvalue weighted by molar-refractivity contribution is 0.768. The van der Waals surface area contributed by atoms with E-state index in [0.29, 0.717) is 11.9 Å². The van der Waals surface area contributed by atoms with Crippen molar-refractivity contribution in [3.63, 3.8) is 0 Å². The van der Waals surface area contributed by atoms with Gasteiger partial charge < -0.3 is 9.55 Å². The van der Waals surface area contributed by atoms with E-state index >= 15 is 0 Å². The number of H-pyrrole nitrogens is 1. The Hall–Kier alpha value is -3.51. The van der Waals surface area contributed by atoms with Gasteiger partial charge in [-0.15, -0.1) is 0 Å². The van der Waals surface area contributed by atoms with Crippen LogP contribution >= 0.6 is 0 Å². The van der Waals surface area contributed by atoms with E-state index in [4.69, 9.17) is 0 Å². The molecule has 0 radical (unpaired) electrons. The van der Waals surface area contributed by atoms with Crippen molar-refractivity contribution in [3.05, 3.63) is 89.2 Å². The Morgan fingerprint density at radius 1 is 0.968 bits per heavy atom. The van der Waals surface area contributed by atoms with Gasteiger partial charge in [-0.2, -0.15) is 0 Å². The second-order valence-corrected chi connectivity index (χ2v) is 13.9. The van der Waals surface area contributed by atoms with E-state index in [2.05, 4.69) is 40.7 Å². The highest BCUT2D eigenvalue weighted by Crippen LogP contribution is 2.32. The summed E-state index contributed by atoms with van der Waals surface area (Å²) in [7, 11) is -1.71. The Bertz CT molecular complexity index is 1450. The number of hydrogen-bond donors (Lipinski definition) is 1. The average molecular weight is 425 g/mol. The first-order valence-corrected chi connectivity index (χ1v) is 13.9. The average Bonchev–Trinajstić information content (AvgIpc) is 3.18. The number of hydrogen-bond acceptors (Lipinski definition) is 3. The molecule has 0 aliphatic carbocycles. The summed E-state index contributed by atoms with van der Waals surface area (Å²) in [5.41, 5.74) is 4.15. The molecule has 5 nitrogen and oxygen atoms in total. The third-order valence-electron chi connectivity index (χ3n) is 5.69. The standard InChI is InChI=1S/C25H24N4OSi/c1-31(2,3)24-21(18-9-12-26-13-10-18)22-19-11-14-29(16-17-7-5-4-6-8-17)25(30)20(19)15-27-23(22)28-24/h4-15H,16H2,1-3H3,(H,27,28). The zero-order chi connectivity index (χ0) is 21.6. The van der Waals surface area contributed by atoms with E-state index in [9.17, 15) is 4.79 Å². The molecule has 1 aromatic carbocycles. The first-order valence-electron chi connectivity index (χ1n) is 10.4. The predicted molar refractivity (Wildman–Crippen MR) is 130 cm³/mol. The molecule has 0 amide bonds. The van der Waals surface area contributed by atoms with Gasteiger partial charge in [0, 0.05) is 46.4 Å². The number of benzene rings is 1. The highest BCUT2D eigenvalue weighted by molar-refractivity contribution is 6.89. The smallest absolute Gasteiger partial charge is 0.260 e. The molecular formula is C25H24N4OSi. The van der Waals surface area contributed by atoms with E-state index in [1.807, 2.05) is 61.1 Å². The van der Waals surface area contributed by atoms with E-state index in [-0.39, 0.29) is 5.56 Å². The van der Waals surface area contributed by atoms with Gasteiger partial charge in [-0.3, -0.25) is 9.78 Å². The fourth-order valence-electron chi connectivity index (χ4n) is 4.18. The van der Waals surface area contributed by atoms with Gasteiger partial charge in [0.2, 0.25) is 0 Å². The van der Waals surface area contributed by atoms with E-state index in [1.54, 1.807) is 10.8 Å². The lowest BCUT2D eigenvalue weighted by Crippen LogP contribution is -2.39. The van der Waals surface area contributed by atoms with Crippen LogP contribution in [0.3, 0.4) is 0 Å². The number of fused-ring (bicyclic) bond motifs is 3. The van der Waals surface area contributed by atoms with Crippen LogP contribution in [0.1, 0.15) is 5.56 Å². The van der Waals surface area contributed by atoms with Crippen LogP contribution in [0.15, 0.2) is 78.1 Å². The molecule has 5 aromatic rings. The third kappa shape index (κ3) is 3.39. The number of rotatable bonds is 4. The highest BCUT2D eigenvalue weighted by Gasteiger charge is 2.27. The largest absolute Gasteiger partial charge is 0.347 e. The Morgan fingerprint density at radius 3 is 2.42 bits per heavy atom. The fourth-order valence-corrected chi connectivity index (χ4v) is 5.70. The van der Waals surface area contributed by atoms with Gasteiger partial charge in [-0.25, -0.2) is 4.98 Å². The Kier molecular flexibility index (Phi) is 4.59. The van der Waals surface area contributed by atoms with Crippen LogP contribution in [0.2, 0.25) is 19.6 Å². The van der Waals surface area contributed by atoms with Crippen molar-refractivity contribution in [3.8, 4) is 11.1 Å². The molecule has 154 valence electrons. The number of nitrogens with zero attached hydrogens (tertiary/aromatic N) is 3. The fraction of sp³-hybridized carbons (Fsp3) is 0.160. The minimum absolute atomic E-state index is 0.0211. The van der Waals surface area contributed by atoms with Crippen molar-refractivity contribution in [2.45, 2.75) is 26.2 Å². The van der Waals surface area contributed by atoms with Crippen LogP contribution < -0.4 is 10.9 Å². The normalized spacial score (nSPS) is 12.0. The molecule has 31 heavy (non-hydrogen) atoms. The number of aromatic amines is 1. The Labute approximate surface area is 181 Å². The minimum atomic E-state index is -1.71. The summed E-state index contributed by atoms with van der Waals surface area (Å²) in [6.45, 7) is 7.49. The van der Waals surface area contributed by atoms with Crippen LogP contribution in [-0.2, 0) is 6.54 Å². The molecular weight excluding hydrogens is 400 g/mol. The molecule has 0 fully saturated rings. The SMILES string of the molecule is C[Si](C)(C)c1[nH]c2ncc3c(=O)n(Cc4ccccc4)ccc3c2c1-c1ccncc1. The molecule has 5 rings (SSSR count). The van der Waals surface area contributed by atoms with Gasteiger partial charge in [0.05, 0.1) is 20.0 Å². The van der Waals surface area contributed by atoms with Crippen molar-refractivity contribution in [2.75, 3.05) is 0 Å². The molecule has 0 aliphatic rings. The summed E-state index contributed by atoms with van der Waals surface area (Å²) in [6.07, 6.45) is 7.23. The van der Waals surface area contributed by atoms with Crippen molar-refractivity contribution < 1.29 is 0 Å². The second kappa shape index (κ2) is 7.32. The molecule has 0 atom stereocenters. The molecule has 0 bridgehead atoms. The van der Waals surface area contributed by atoms with Gasteiger partial charge in [0.1, 0.15) is 5.65 Å². The maximum Gasteiger partial charge on any atom is 0.260 e. The first-order chi connectivity index (χ1) is 14.9. The van der Waals surface area contributed by atoms with E-state index < -0.39 is 8.07 Å². The summed E-state index contributed by atoms with van der Waals surface area (Å²) in [4.78, 5) is 25.8. The molecule has 6 heteroatoms. The molecule has 0 spiro atoms. The molecule has 1 N–H and O–H groups in total. The van der Waals surface area contributed by atoms with Gasteiger partial charge in [0.15, 0.2) is 0 Å². The number of aromatic nitrogens is 4. The molecule has 0 saturated heterocycles. The molecule has 4 heterocycles. The summed E-state index contributed by atoms with van der Waals surface area (Å²) >= 11 is 0. The summed E-state index contributed by atoms with van der Waals surface area (Å²) in [5, 5.41) is 3.83. The van der Waals surface area contributed by atoms with Gasteiger partial charge in [0.25, 0.3) is 5.56 Å². The molecule has 0 aliphatic heterocycles. The summed E-state index contributed by atoms with van der Waals surface area (Å²) < 4.78 is 1.75. The van der Waals surface area contributed by atoms with Gasteiger partial charge in [-0.1, -0.05) is 50.0 Å². The van der Waals surface area contributed by atoms with Crippen molar-refractivity contribution in [1.29, 1.82) is 0 Å². The van der Waals surface area contributed by atoms with Gasteiger partial charge >= 0.3 is 0 Å². The zero-order valence-corrected chi connectivity index (χ0v) is 18.9. The maximum atomic E-state index is 13.3. The lowest BCUT2D eigenvalue weighted by atomic mass is 10.0. The van der Waals surface area contributed by atoms with Gasteiger partial charge in [-0.05, 0) is 29.3 Å². The third-order valence-corrected chi connectivity index (χ3v) is 7.56. The van der Waals surface area contributed by atoms with Crippen LogP contribution in [0, 0.1) is 0 Å². The summed E-state index contributed by atoms with van der Waals surface area (Å²) in [5.74, 6) is 0. The predicted octanol–water partition coefficient (Wildman–Crippen LogP) is 4.53. The zero-order valence-electron chi connectivity index (χ0n) is 17.9. The van der Waals surface area contributed by atoms with Crippen LogP contribution in [0.4, 0.5) is 0 Å². The van der Waals surface area contributed by atoms with Crippen molar-refractivity contribution in [1.82, 2.24) is 19.5 Å². The van der Waals surface area contributed by atoms with Crippen LogP contribution in [0.5, 0.6) is 0 Å².